The summed E-state index contributed by atoms with van der Waals surface area (Å²) in [5.74, 6) is 1.16. The van der Waals surface area contributed by atoms with Crippen molar-refractivity contribution < 1.29 is 9.21 Å². The number of hydrogen-bond donors (Lipinski definition) is 0. The summed E-state index contributed by atoms with van der Waals surface area (Å²) in [5, 5.41) is 8.26. The molecule has 1 fully saturated rings. The van der Waals surface area contributed by atoms with E-state index in [1.165, 1.54) is 11.1 Å². The molecule has 8 heteroatoms. The molecule has 1 amide bonds. The second-order valence-corrected chi connectivity index (χ2v) is 7.59. The molecule has 29 heavy (non-hydrogen) atoms. The van der Waals surface area contributed by atoms with Gasteiger partial charge in [0.05, 0.1) is 18.7 Å². The van der Waals surface area contributed by atoms with Gasteiger partial charge in [-0.25, -0.2) is 4.98 Å². The van der Waals surface area contributed by atoms with E-state index in [4.69, 9.17) is 4.42 Å². The van der Waals surface area contributed by atoms with Gasteiger partial charge in [0.25, 0.3) is 5.89 Å². The Morgan fingerprint density at radius 1 is 1.14 bits per heavy atom. The second kappa shape index (κ2) is 7.71. The van der Waals surface area contributed by atoms with Gasteiger partial charge in [-0.3, -0.25) is 14.7 Å². The third-order valence-electron chi connectivity index (χ3n) is 5.68. The minimum Gasteiger partial charge on any atom is -0.419 e. The van der Waals surface area contributed by atoms with Crippen LogP contribution in [0.3, 0.4) is 0 Å². The summed E-state index contributed by atoms with van der Waals surface area (Å²) < 4.78 is 5.80. The number of benzene rings is 1. The number of hydrogen-bond acceptors (Lipinski definition) is 7. The first kappa shape index (κ1) is 17.9. The number of fused-ring (bicyclic) bond motifs is 1. The predicted octanol–water partition coefficient (Wildman–Crippen LogP) is 1.90. The highest BCUT2D eigenvalue weighted by molar-refractivity contribution is 5.78. The van der Waals surface area contributed by atoms with Crippen LogP contribution in [0.25, 0.3) is 11.6 Å². The normalized spacial score (nSPS) is 19.3. The largest absolute Gasteiger partial charge is 0.419 e. The van der Waals surface area contributed by atoms with Crippen molar-refractivity contribution in [2.24, 2.45) is 0 Å². The van der Waals surface area contributed by atoms with Crippen LogP contribution in [0.2, 0.25) is 0 Å². The van der Waals surface area contributed by atoms with Gasteiger partial charge in [0.1, 0.15) is 5.69 Å². The number of aromatic nitrogens is 4. The van der Waals surface area contributed by atoms with Gasteiger partial charge < -0.3 is 9.32 Å². The average Bonchev–Trinajstić information content (AvgIpc) is 3.44. The lowest BCUT2D eigenvalue weighted by atomic mass is 10.00. The Balaban J connectivity index is 1.19. The molecule has 4 heterocycles. The lowest BCUT2D eigenvalue weighted by molar-refractivity contribution is -0.131. The summed E-state index contributed by atoms with van der Waals surface area (Å²) in [7, 11) is 0. The predicted molar refractivity (Wildman–Crippen MR) is 105 cm³/mol. The van der Waals surface area contributed by atoms with Crippen LogP contribution in [0.15, 0.2) is 47.3 Å². The van der Waals surface area contributed by atoms with Crippen molar-refractivity contribution in [3.05, 3.63) is 59.9 Å². The molecule has 0 N–H and O–H groups in total. The molecule has 0 bridgehead atoms. The molecule has 1 atom stereocenters. The lowest BCUT2D eigenvalue weighted by Crippen LogP contribution is -2.41. The first-order valence-electron chi connectivity index (χ1n) is 9.93. The summed E-state index contributed by atoms with van der Waals surface area (Å²) in [6.07, 6.45) is 6.62. The molecule has 2 aromatic heterocycles. The summed E-state index contributed by atoms with van der Waals surface area (Å²) in [6, 6.07) is 8.48. The summed E-state index contributed by atoms with van der Waals surface area (Å²) in [6.45, 7) is 3.55. The van der Waals surface area contributed by atoms with Gasteiger partial charge in [-0.2, -0.15) is 0 Å². The van der Waals surface area contributed by atoms with Gasteiger partial charge in [-0.1, -0.05) is 24.3 Å². The topological polar surface area (TPSA) is 88.3 Å². The molecule has 2 aliphatic rings. The van der Waals surface area contributed by atoms with Crippen LogP contribution in [-0.4, -0.2) is 62.1 Å². The molecule has 0 saturated carbocycles. The van der Waals surface area contributed by atoms with Gasteiger partial charge >= 0.3 is 0 Å². The quantitative estimate of drug-likeness (QED) is 0.672. The number of likely N-dealkylation sites (tertiary alicyclic amines) is 1. The van der Waals surface area contributed by atoms with E-state index in [2.05, 4.69) is 49.3 Å². The van der Waals surface area contributed by atoms with E-state index in [1.54, 1.807) is 18.6 Å². The van der Waals surface area contributed by atoms with Gasteiger partial charge in [0.15, 0.2) is 0 Å². The SMILES string of the molecule is O=C(CN1CCc2ccccc2C1)N1CC[C@@H](c2nnc(-c3cnccn3)o2)C1. The fraction of sp³-hybridized carbons (Fsp3) is 0.381. The third-order valence-corrected chi connectivity index (χ3v) is 5.68. The van der Waals surface area contributed by atoms with Crippen molar-refractivity contribution in [1.29, 1.82) is 0 Å². The van der Waals surface area contributed by atoms with E-state index < -0.39 is 0 Å². The number of nitrogens with zero attached hydrogens (tertiary/aromatic N) is 6. The van der Waals surface area contributed by atoms with E-state index in [1.807, 2.05) is 4.90 Å². The monoisotopic (exact) mass is 390 g/mol. The van der Waals surface area contributed by atoms with Crippen LogP contribution in [0.1, 0.15) is 29.4 Å². The number of amides is 1. The molecule has 0 unspecified atom stereocenters. The maximum absolute atomic E-state index is 12.8. The summed E-state index contributed by atoms with van der Waals surface area (Å²) >= 11 is 0. The van der Waals surface area contributed by atoms with Crippen LogP contribution in [-0.2, 0) is 17.8 Å². The van der Waals surface area contributed by atoms with E-state index >= 15 is 0 Å². The maximum atomic E-state index is 12.8. The Morgan fingerprint density at radius 3 is 2.90 bits per heavy atom. The number of carbonyl (C=O) groups is 1. The van der Waals surface area contributed by atoms with Crippen LogP contribution >= 0.6 is 0 Å². The third kappa shape index (κ3) is 3.75. The van der Waals surface area contributed by atoms with E-state index in [0.717, 1.165) is 32.5 Å². The Kier molecular flexibility index (Phi) is 4.77. The van der Waals surface area contributed by atoms with Crippen molar-refractivity contribution in [2.45, 2.75) is 25.3 Å². The molecule has 0 spiro atoms. The van der Waals surface area contributed by atoms with Gasteiger partial charge in [0.2, 0.25) is 11.8 Å². The smallest absolute Gasteiger partial charge is 0.267 e. The molecule has 2 aliphatic heterocycles. The molecule has 5 rings (SSSR count). The highest BCUT2D eigenvalue weighted by Crippen LogP contribution is 2.28. The van der Waals surface area contributed by atoms with Gasteiger partial charge in [-0.05, 0) is 24.0 Å². The van der Waals surface area contributed by atoms with Crippen molar-refractivity contribution in [1.82, 2.24) is 30.0 Å². The highest BCUT2D eigenvalue weighted by atomic mass is 16.4. The molecule has 3 aromatic rings. The van der Waals surface area contributed by atoms with Gasteiger partial charge in [-0.15, -0.1) is 10.2 Å². The zero-order chi connectivity index (χ0) is 19.6. The standard InChI is InChI=1S/C21H22N6O2/c28-19(14-26-9-5-15-3-1-2-4-16(15)12-26)27-10-6-17(13-27)20-24-25-21(29-20)18-11-22-7-8-23-18/h1-4,7-8,11,17H,5-6,9-10,12-14H2/t17-/m1/s1. The number of rotatable bonds is 4. The first-order valence-corrected chi connectivity index (χ1v) is 9.93. The fourth-order valence-electron chi connectivity index (χ4n) is 4.08. The molecule has 0 aliphatic carbocycles. The minimum atomic E-state index is 0.0685. The fourth-order valence-corrected chi connectivity index (χ4v) is 4.08. The molecular weight excluding hydrogens is 368 g/mol. The molecule has 1 saturated heterocycles. The van der Waals surface area contributed by atoms with Crippen LogP contribution in [0.4, 0.5) is 0 Å². The second-order valence-electron chi connectivity index (χ2n) is 7.59. The molecule has 0 radical (unpaired) electrons. The Morgan fingerprint density at radius 2 is 2.03 bits per heavy atom. The van der Waals surface area contributed by atoms with Crippen LogP contribution in [0.5, 0.6) is 0 Å². The summed E-state index contributed by atoms with van der Waals surface area (Å²) in [4.78, 5) is 25.2. The molecular formula is C21H22N6O2. The number of carbonyl (C=O) groups excluding carboxylic acids is 1. The zero-order valence-electron chi connectivity index (χ0n) is 16.1. The first-order chi connectivity index (χ1) is 14.3. The Labute approximate surface area is 168 Å². The maximum Gasteiger partial charge on any atom is 0.267 e. The van der Waals surface area contributed by atoms with Crippen molar-refractivity contribution >= 4 is 5.91 Å². The van der Waals surface area contributed by atoms with Crippen molar-refractivity contribution in [3.8, 4) is 11.6 Å². The van der Waals surface area contributed by atoms with E-state index in [0.29, 0.717) is 30.6 Å². The average molecular weight is 390 g/mol. The molecule has 8 nitrogen and oxygen atoms in total. The molecule has 148 valence electrons. The van der Waals surface area contributed by atoms with Crippen LogP contribution in [0, 0.1) is 0 Å². The zero-order valence-corrected chi connectivity index (χ0v) is 16.1. The Hall–Kier alpha value is -3.13. The lowest BCUT2D eigenvalue weighted by Gasteiger charge is -2.29. The minimum absolute atomic E-state index is 0.0685. The molecule has 1 aromatic carbocycles. The van der Waals surface area contributed by atoms with E-state index in [-0.39, 0.29) is 11.8 Å². The van der Waals surface area contributed by atoms with Crippen LogP contribution < -0.4 is 0 Å². The van der Waals surface area contributed by atoms with E-state index in [9.17, 15) is 4.79 Å². The Bertz CT molecular complexity index is 1010. The van der Waals surface area contributed by atoms with Crippen molar-refractivity contribution in [2.75, 3.05) is 26.2 Å². The van der Waals surface area contributed by atoms with Gasteiger partial charge in [0, 0.05) is 38.6 Å². The van der Waals surface area contributed by atoms with Crippen molar-refractivity contribution in [3.63, 3.8) is 0 Å². The highest BCUT2D eigenvalue weighted by Gasteiger charge is 2.32. The summed E-state index contributed by atoms with van der Waals surface area (Å²) in [5.41, 5.74) is 3.28.